The van der Waals surface area contributed by atoms with Crippen LogP contribution in [-0.4, -0.2) is 24.2 Å². The molecule has 12 heteroatoms. The molecule has 1 aromatic carbocycles. The summed E-state index contributed by atoms with van der Waals surface area (Å²) in [5.74, 6) is -12.6. The summed E-state index contributed by atoms with van der Waals surface area (Å²) in [6.45, 7) is 0. The average Bonchev–Trinajstić information content (AvgIpc) is 2.51. The van der Waals surface area contributed by atoms with Crippen molar-refractivity contribution < 1.29 is 44.3 Å². The highest BCUT2D eigenvalue weighted by Crippen LogP contribution is 2.48. The molecule has 0 saturated heterocycles. The number of benzene rings is 1. The molecule has 0 aliphatic carbocycles. The van der Waals surface area contributed by atoms with Gasteiger partial charge in [0.1, 0.15) is 5.69 Å². The molecule has 0 fully saturated rings. The number of rotatable bonds is 1. The zero-order valence-corrected chi connectivity index (χ0v) is 11.6. The van der Waals surface area contributed by atoms with E-state index in [1.165, 1.54) is 0 Å². The standard InChI is InChI=1S/C12H3ClF9NO/c13-4-1-2-6-5(3-4)23-9(14)7(11(17,18)19)8(24-6)10(15,16)12(20,21)22/h1-3H. The Morgan fingerprint density at radius 1 is 0.958 bits per heavy atom. The van der Waals surface area contributed by atoms with Crippen molar-refractivity contribution in [3.05, 3.63) is 34.6 Å². The third-order valence-corrected chi connectivity index (χ3v) is 2.94. The third kappa shape index (κ3) is 3.17. The van der Waals surface area contributed by atoms with Crippen LogP contribution in [0.5, 0.6) is 5.75 Å². The number of aliphatic imine (C=N–C) groups is 1. The molecule has 0 unspecified atom stereocenters. The molecule has 0 saturated carbocycles. The zero-order valence-electron chi connectivity index (χ0n) is 10.9. The first-order valence-corrected chi connectivity index (χ1v) is 6.11. The molecule has 0 radical (unpaired) electrons. The van der Waals surface area contributed by atoms with Gasteiger partial charge in [-0.15, -0.1) is 0 Å². The molecule has 132 valence electrons. The largest absolute Gasteiger partial charge is 0.461 e. The van der Waals surface area contributed by atoms with E-state index in [2.05, 4.69) is 9.73 Å². The molecule has 0 bridgehead atoms. The van der Waals surface area contributed by atoms with Gasteiger partial charge >= 0.3 is 18.3 Å². The Labute approximate surface area is 132 Å². The van der Waals surface area contributed by atoms with E-state index in [4.69, 9.17) is 11.6 Å². The SMILES string of the molecule is FC1=Nc2cc(Cl)ccc2OC(C(F)(F)C(F)(F)F)=C1C(F)(F)F. The molecule has 1 aromatic rings. The van der Waals surface area contributed by atoms with Crippen molar-refractivity contribution in [3.63, 3.8) is 0 Å². The lowest BCUT2D eigenvalue weighted by Gasteiger charge is -2.24. The van der Waals surface area contributed by atoms with Gasteiger partial charge in [-0.1, -0.05) is 11.6 Å². The number of ether oxygens (including phenoxy) is 1. The first-order chi connectivity index (χ1) is 10.7. The molecule has 1 aliphatic rings. The van der Waals surface area contributed by atoms with Crippen LogP contribution in [0.15, 0.2) is 34.5 Å². The van der Waals surface area contributed by atoms with Gasteiger partial charge in [-0.25, -0.2) is 4.99 Å². The molecule has 1 aliphatic heterocycles. The minimum Gasteiger partial charge on any atom is -0.452 e. The second-order valence-corrected chi connectivity index (χ2v) is 4.83. The number of hydrogen-bond acceptors (Lipinski definition) is 2. The van der Waals surface area contributed by atoms with Crippen LogP contribution in [0.2, 0.25) is 5.02 Å². The summed E-state index contributed by atoms with van der Waals surface area (Å²) in [5, 5.41) is -0.187. The number of fused-ring (bicyclic) bond motifs is 1. The Kier molecular flexibility index (Phi) is 4.28. The molecular formula is C12H3ClF9NO. The third-order valence-electron chi connectivity index (χ3n) is 2.71. The summed E-state index contributed by atoms with van der Waals surface area (Å²) in [7, 11) is 0. The van der Waals surface area contributed by atoms with Gasteiger partial charge in [-0.3, -0.25) is 0 Å². The normalized spacial score (nSPS) is 16.3. The smallest absolute Gasteiger partial charge is 0.452 e. The number of alkyl halides is 8. The Hall–Kier alpha value is -1.91. The average molecular weight is 384 g/mol. The van der Waals surface area contributed by atoms with E-state index in [0.29, 0.717) is 6.07 Å². The highest BCUT2D eigenvalue weighted by Gasteiger charge is 2.65. The highest BCUT2D eigenvalue weighted by atomic mass is 35.5. The molecule has 0 spiro atoms. The minimum atomic E-state index is -6.46. The van der Waals surface area contributed by atoms with Gasteiger partial charge in [-0.05, 0) is 18.2 Å². The fourth-order valence-corrected chi connectivity index (χ4v) is 1.84. The van der Waals surface area contributed by atoms with E-state index in [0.717, 1.165) is 12.1 Å². The molecule has 2 rings (SSSR count). The number of allylic oxidation sites excluding steroid dienone is 2. The zero-order chi connectivity index (χ0) is 18.5. The maximum absolute atomic E-state index is 13.7. The second kappa shape index (κ2) is 5.57. The Morgan fingerprint density at radius 2 is 1.54 bits per heavy atom. The summed E-state index contributed by atoms with van der Waals surface area (Å²) >= 11 is 5.49. The number of halogens is 10. The maximum Gasteiger partial charge on any atom is 0.461 e. The Balaban J connectivity index is 2.80. The quantitative estimate of drug-likeness (QED) is 0.566. The van der Waals surface area contributed by atoms with Crippen LogP contribution in [0.4, 0.5) is 45.2 Å². The molecule has 0 aromatic heterocycles. The molecule has 0 N–H and O–H groups in total. The van der Waals surface area contributed by atoms with Crippen molar-refractivity contribution >= 4 is 23.3 Å². The van der Waals surface area contributed by atoms with Crippen LogP contribution < -0.4 is 4.74 Å². The van der Waals surface area contributed by atoms with Gasteiger partial charge < -0.3 is 4.74 Å². The van der Waals surface area contributed by atoms with Crippen molar-refractivity contribution in [2.24, 2.45) is 4.99 Å². The Bertz CT molecular complexity index is 733. The van der Waals surface area contributed by atoms with Gasteiger partial charge in [-0.2, -0.15) is 39.5 Å². The first-order valence-electron chi connectivity index (χ1n) is 5.73. The summed E-state index contributed by atoms with van der Waals surface area (Å²) in [5.41, 5.74) is -3.74. The first kappa shape index (κ1) is 18.4. The van der Waals surface area contributed by atoms with Crippen LogP contribution in [0.3, 0.4) is 0 Å². The fraction of sp³-hybridized carbons (Fsp3) is 0.250. The van der Waals surface area contributed by atoms with E-state index in [1.54, 1.807) is 0 Å². The van der Waals surface area contributed by atoms with E-state index in [1.807, 2.05) is 0 Å². The molecule has 0 atom stereocenters. The highest BCUT2D eigenvalue weighted by molar-refractivity contribution is 6.31. The van der Waals surface area contributed by atoms with Gasteiger partial charge in [0.25, 0.3) is 0 Å². The lowest BCUT2D eigenvalue weighted by Crippen LogP contribution is -2.42. The van der Waals surface area contributed by atoms with Crippen LogP contribution in [0, 0.1) is 0 Å². The predicted octanol–water partition coefficient (Wildman–Crippen LogP) is 5.75. The van der Waals surface area contributed by atoms with Gasteiger partial charge in [0, 0.05) is 5.02 Å². The van der Waals surface area contributed by atoms with Crippen molar-refractivity contribution in [1.29, 1.82) is 0 Å². The molecular weight excluding hydrogens is 381 g/mol. The molecule has 1 heterocycles. The summed E-state index contributed by atoms with van der Waals surface area (Å²) in [4.78, 5) is 2.76. The van der Waals surface area contributed by atoms with E-state index >= 15 is 0 Å². The second-order valence-electron chi connectivity index (χ2n) is 4.39. The van der Waals surface area contributed by atoms with Crippen molar-refractivity contribution in [1.82, 2.24) is 0 Å². The lowest BCUT2D eigenvalue weighted by molar-refractivity contribution is -0.274. The van der Waals surface area contributed by atoms with Crippen LogP contribution in [-0.2, 0) is 0 Å². The lowest BCUT2D eigenvalue weighted by atomic mass is 10.1. The van der Waals surface area contributed by atoms with E-state index in [9.17, 15) is 39.5 Å². The van der Waals surface area contributed by atoms with Gasteiger partial charge in [0.2, 0.25) is 5.97 Å². The van der Waals surface area contributed by atoms with Crippen molar-refractivity contribution in [2.45, 2.75) is 18.3 Å². The van der Waals surface area contributed by atoms with Gasteiger partial charge in [0.15, 0.2) is 17.1 Å². The summed E-state index contributed by atoms with van der Waals surface area (Å²) < 4.78 is 121. The summed E-state index contributed by atoms with van der Waals surface area (Å²) in [6, 6.07) is 2.34. The predicted molar refractivity (Wildman–Crippen MR) is 64.4 cm³/mol. The number of nitrogens with zero attached hydrogens (tertiary/aromatic N) is 1. The van der Waals surface area contributed by atoms with Crippen molar-refractivity contribution in [2.75, 3.05) is 0 Å². The van der Waals surface area contributed by atoms with E-state index < -0.39 is 47.0 Å². The maximum atomic E-state index is 13.7. The topological polar surface area (TPSA) is 21.6 Å². The molecule has 24 heavy (non-hydrogen) atoms. The van der Waals surface area contributed by atoms with Gasteiger partial charge in [0.05, 0.1) is 0 Å². The molecule has 2 nitrogen and oxygen atoms in total. The monoisotopic (exact) mass is 383 g/mol. The number of hydrogen-bond donors (Lipinski definition) is 0. The fourth-order valence-electron chi connectivity index (χ4n) is 1.68. The van der Waals surface area contributed by atoms with Crippen LogP contribution in [0.25, 0.3) is 0 Å². The Morgan fingerprint density at radius 3 is 2.04 bits per heavy atom. The van der Waals surface area contributed by atoms with E-state index in [-0.39, 0.29) is 5.02 Å². The van der Waals surface area contributed by atoms with Crippen molar-refractivity contribution in [3.8, 4) is 5.75 Å². The van der Waals surface area contributed by atoms with Crippen LogP contribution >= 0.6 is 11.6 Å². The minimum absolute atomic E-state index is 0.187. The molecule has 0 amide bonds. The van der Waals surface area contributed by atoms with Crippen LogP contribution in [0.1, 0.15) is 0 Å². The summed E-state index contributed by atoms with van der Waals surface area (Å²) in [6.07, 6.45) is -12.4.